The van der Waals surface area contributed by atoms with E-state index in [0.717, 1.165) is 11.4 Å². The third-order valence-corrected chi connectivity index (χ3v) is 4.57. The van der Waals surface area contributed by atoms with Crippen molar-refractivity contribution in [3.8, 4) is 0 Å². The number of amides is 1. The predicted molar refractivity (Wildman–Crippen MR) is 98.4 cm³/mol. The maximum Gasteiger partial charge on any atom is 0.265 e. The molecule has 3 aromatic rings. The third kappa shape index (κ3) is 3.88. The Labute approximate surface area is 144 Å². The molecule has 0 bridgehead atoms. The van der Waals surface area contributed by atoms with Crippen LogP contribution in [-0.4, -0.2) is 11.7 Å². The molecule has 4 nitrogen and oxygen atoms in total. The lowest BCUT2D eigenvalue weighted by Gasteiger charge is -2.08. The molecule has 0 atom stereocenters. The Morgan fingerprint density at radius 2 is 1.33 bits per heavy atom. The lowest BCUT2D eigenvalue weighted by molar-refractivity contribution is 0.101. The summed E-state index contributed by atoms with van der Waals surface area (Å²) in [5.74, 6) is -0.244. The fourth-order valence-electron chi connectivity index (χ4n) is 2.17. The standard InChI is InChI=1S/C19H16N2O2S/c1-13(22)17-11-12-18(24-17)19(23)21-16-9-7-15(8-10-16)20-14-5-3-2-4-6-14/h2-12,20H,1H3,(H,21,23). The zero-order chi connectivity index (χ0) is 16.9. The molecule has 0 radical (unpaired) electrons. The van der Waals surface area contributed by atoms with Gasteiger partial charge in [0.15, 0.2) is 5.78 Å². The van der Waals surface area contributed by atoms with E-state index in [4.69, 9.17) is 0 Å². The molecule has 0 saturated carbocycles. The number of nitrogens with one attached hydrogen (secondary N) is 2. The highest BCUT2D eigenvalue weighted by Crippen LogP contribution is 2.21. The second-order valence-electron chi connectivity index (χ2n) is 5.24. The van der Waals surface area contributed by atoms with Crippen LogP contribution in [0.1, 0.15) is 26.3 Å². The minimum atomic E-state index is -0.212. The molecule has 0 aliphatic carbocycles. The Hall–Kier alpha value is -2.92. The topological polar surface area (TPSA) is 58.2 Å². The molecule has 3 rings (SSSR count). The highest BCUT2D eigenvalue weighted by atomic mass is 32.1. The van der Waals surface area contributed by atoms with Gasteiger partial charge in [-0.1, -0.05) is 18.2 Å². The molecule has 0 spiro atoms. The van der Waals surface area contributed by atoms with E-state index in [1.54, 1.807) is 12.1 Å². The first kappa shape index (κ1) is 16.0. The van der Waals surface area contributed by atoms with E-state index in [1.165, 1.54) is 18.3 Å². The van der Waals surface area contributed by atoms with Gasteiger partial charge in [0, 0.05) is 17.1 Å². The van der Waals surface area contributed by atoms with Crippen LogP contribution in [0, 0.1) is 0 Å². The van der Waals surface area contributed by atoms with Crippen LogP contribution in [0.15, 0.2) is 66.7 Å². The van der Waals surface area contributed by atoms with Crippen molar-refractivity contribution in [1.29, 1.82) is 0 Å². The number of carbonyl (C=O) groups excluding carboxylic acids is 2. The summed E-state index contributed by atoms with van der Waals surface area (Å²) >= 11 is 1.20. The summed E-state index contributed by atoms with van der Waals surface area (Å²) in [6, 6.07) is 20.7. The summed E-state index contributed by atoms with van der Waals surface area (Å²) in [5.41, 5.74) is 2.65. The van der Waals surface area contributed by atoms with Crippen molar-refractivity contribution in [3.63, 3.8) is 0 Å². The molecule has 2 N–H and O–H groups in total. The monoisotopic (exact) mass is 336 g/mol. The Morgan fingerprint density at radius 3 is 1.96 bits per heavy atom. The SMILES string of the molecule is CC(=O)c1ccc(C(=O)Nc2ccc(Nc3ccccc3)cc2)s1. The zero-order valence-electron chi connectivity index (χ0n) is 13.1. The van der Waals surface area contributed by atoms with E-state index in [0.29, 0.717) is 15.4 Å². The van der Waals surface area contributed by atoms with Gasteiger partial charge in [-0.2, -0.15) is 0 Å². The molecule has 1 amide bonds. The normalized spacial score (nSPS) is 10.2. The second kappa shape index (κ2) is 7.10. The predicted octanol–water partition coefficient (Wildman–Crippen LogP) is 4.95. The summed E-state index contributed by atoms with van der Waals surface area (Å²) in [5, 5.41) is 6.12. The number of carbonyl (C=O) groups is 2. The maximum atomic E-state index is 12.2. The van der Waals surface area contributed by atoms with Crippen molar-refractivity contribution < 1.29 is 9.59 Å². The summed E-state index contributed by atoms with van der Waals surface area (Å²) in [6.07, 6.45) is 0. The van der Waals surface area contributed by atoms with E-state index in [1.807, 2.05) is 54.6 Å². The Bertz CT molecular complexity index is 855. The van der Waals surface area contributed by atoms with Crippen LogP contribution in [-0.2, 0) is 0 Å². The number of Topliss-reactive ketones (excluding diaryl/α,β-unsaturated/α-hetero) is 1. The first-order valence-corrected chi connectivity index (χ1v) is 8.28. The molecule has 0 fully saturated rings. The highest BCUT2D eigenvalue weighted by Gasteiger charge is 2.11. The largest absolute Gasteiger partial charge is 0.356 e. The Balaban J connectivity index is 1.65. The van der Waals surface area contributed by atoms with Crippen LogP contribution >= 0.6 is 11.3 Å². The first-order valence-electron chi connectivity index (χ1n) is 7.46. The molecule has 5 heteroatoms. The van der Waals surface area contributed by atoms with Gasteiger partial charge >= 0.3 is 0 Å². The maximum absolute atomic E-state index is 12.2. The number of para-hydroxylation sites is 1. The Kier molecular flexibility index (Phi) is 4.72. The average Bonchev–Trinajstić information content (AvgIpc) is 3.08. The third-order valence-electron chi connectivity index (χ3n) is 3.38. The molecule has 0 unspecified atom stereocenters. The van der Waals surface area contributed by atoms with Crippen LogP contribution in [0.2, 0.25) is 0 Å². The van der Waals surface area contributed by atoms with Gasteiger partial charge in [-0.15, -0.1) is 11.3 Å². The molecular weight excluding hydrogens is 320 g/mol. The van der Waals surface area contributed by atoms with E-state index < -0.39 is 0 Å². The van der Waals surface area contributed by atoms with Crippen molar-refractivity contribution >= 4 is 40.1 Å². The molecule has 0 saturated heterocycles. The lowest BCUT2D eigenvalue weighted by atomic mass is 10.2. The van der Waals surface area contributed by atoms with Crippen molar-refractivity contribution in [2.24, 2.45) is 0 Å². The molecule has 24 heavy (non-hydrogen) atoms. The number of hydrogen-bond acceptors (Lipinski definition) is 4. The van der Waals surface area contributed by atoms with Gasteiger partial charge < -0.3 is 10.6 Å². The van der Waals surface area contributed by atoms with Gasteiger partial charge in [0.25, 0.3) is 5.91 Å². The van der Waals surface area contributed by atoms with Crippen LogP contribution in [0.25, 0.3) is 0 Å². The molecule has 0 aliphatic rings. The number of thiophene rings is 1. The van der Waals surface area contributed by atoms with Crippen LogP contribution in [0.5, 0.6) is 0 Å². The molecule has 2 aromatic carbocycles. The van der Waals surface area contributed by atoms with Gasteiger partial charge in [0.2, 0.25) is 0 Å². The fourth-order valence-corrected chi connectivity index (χ4v) is 2.96. The molecular formula is C19H16N2O2S. The van der Waals surface area contributed by atoms with Crippen LogP contribution < -0.4 is 10.6 Å². The quantitative estimate of drug-likeness (QED) is 0.648. The van der Waals surface area contributed by atoms with Crippen molar-refractivity contribution in [1.82, 2.24) is 0 Å². The molecule has 120 valence electrons. The van der Waals surface area contributed by atoms with E-state index >= 15 is 0 Å². The van der Waals surface area contributed by atoms with Gasteiger partial charge in [-0.05, 0) is 55.5 Å². The van der Waals surface area contributed by atoms with Gasteiger partial charge in [0.05, 0.1) is 9.75 Å². The number of anilines is 3. The van der Waals surface area contributed by atoms with E-state index in [9.17, 15) is 9.59 Å². The summed E-state index contributed by atoms with van der Waals surface area (Å²) in [6.45, 7) is 1.49. The Morgan fingerprint density at radius 1 is 0.750 bits per heavy atom. The average molecular weight is 336 g/mol. The van der Waals surface area contributed by atoms with E-state index in [2.05, 4.69) is 10.6 Å². The number of hydrogen-bond donors (Lipinski definition) is 2. The van der Waals surface area contributed by atoms with Crippen LogP contribution in [0.3, 0.4) is 0 Å². The van der Waals surface area contributed by atoms with Gasteiger partial charge in [-0.25, -0.2) is 0 Å². The number of benzene rings is 2. The van der Waals surface area contributed by atoms with Gasteiger partial charge in [-0.3, -0.25) is 9.59 Å². The zero-order valence-corrected chi connectivity index (χ0v) is 13.9. The summed E-state index contributed by atoms with van der Waals surface area (Å²) < 4.78 is 0. The minimum absolute atomic E-state index is 0.0320. The van der Waals surface area contributed by atoms with Crippen molar-refractivity contribution in [3.05, 3.63) is 76.5 Å². The smallest absolute Gasteiger partial charge is 0.265 e. The van der Waals surface area contributed by atoms with E-state index in [-0.39, 0.29) is 11.7 Å². The fraction of sp³-hybridized carbons (Fsp3) is 0.0526. The summed E-state index contributed by atoms with van der Waals surface area (Å²) in [4.78, 5) is 24.6. The molecule has 0 aliphatic heterocycles. The minimum Gasteiger partial charge on any atom is -0.356 e. The van der Waals surface area contributed by atoms with Gasteiger partial charge in [0.1, 0.15) is 0 Å². The summed E-state index contributed by atoms with van der Waals surface area (Å²) in [7, 11) is 0. The lowest BCUT2D eigenvalue weighted by Crippen LogP contribution is -2.09. The van der Waals surface area contributed by atoms with Crippen molar-refractivity contribution in [2.75, 3.05) is 10.6 Å². The highest BCUT2D eigenvalue weighted by molar-refractivity contribution is 7.16. The van der Waals surface area contributed by atoms with Crippen molar-refractivity contribution in [2.45, 2.75) is 6.92 Å². The second-order valence-corrected chi connectivity index (χ2v) is 6.33. The number of ketones is 1. The molecule has 1 heterocycles. The molecule has 1 aromatic heterocycles. The first-order chi connectivity index (χ1) is 11.6. The van der Waals surface area contributed by atoms with Crippen LogP contribution in [0.4, 0.5) is 17.1 Å². The number of rotatable bonds is 5.